The zero-order chi connectivity index (χ0) is 7.94. The minimum atomic E-state index is 1.22. The Balaban J connectivity index is 2.24. The average Bonchev–Trinajstić information content (AvgIpc) is 2.16. The first-order chi connectivity index (χ1) is 5.43. The maximum atomic E-state index is 3.91. The molecule has 11 heavy (non-hydrogen) atoms. The second-order valence-electron chi connectivity index (χ2n) is 3.22. The van der Waals surface area contributed by atoms with E-state index in [1.54, 1.807) is 0 Å². The van der Waals surface area contributed by atoms with Gasteiger partial charge in [0.05, 0.1) is 0 Å². The van der Waals surface area contributed by atoms with E-state index in [1.165, 1.54) is 60.0 Å². The van der Waals surface area contributed by atoms with Gasteiger partial charge in [0.1, 0.15) is 0 Å². The molecule has 1 aliphatic heterocycles. The Morgan fingerprint density at radius 3 is 1.73 bits per heavy atom. The standard InChI is InChI=1S/C9H18NP/c1-11-10-8-6-4-2-3-5-7-9-10/h1-9H2. The summed E-state index contributed by atoms with van der Waals surface area (Å²) in [5.74, 6) is 0. The Labute approximate surface area is 71.6 Å². The van der Waals surface area contributed by atoms with Crippen molar-refractivity contribution < 1.29 is 0 Å². The smallest absolute Gasteiger partial charge is 0.00663 e. The van der Waals surface area contributed by atoms with Crippen molar-refractivity contribution in [3.8, 4) is 0 Å². The fraction of sp³-hybridized carbons (Fsp3) is 0.889. The molecule has 1 aliphatic rings. The molecule has 2 heteroatoms. The van der Waals surface area contributed by atoms with Crippen molar-refractivity contribution in [3.05, 3.63) is 0 Å². The molecule has 0 bridgehead atoms. The highest BCUT2D eigenvalue weighted by atomic mass is 31.1. The summed E-state index contributed by atoms with van der Waals surface area (Å²) in [7, 11) is 1.22. The quantitative estimate of drug-likeness (QED) is 0.548. The Bertz CT molecular complexity index is 104. The summed E-state index contributed by atoms with van der Waals surface area (Å²) in [6.45, 7) is 2.54. The van der Waals surface area contributed by atoms with Gasteiger partial charge in [0.2, 0.25) is 0 Å². The van der Waals surface area contributed by atoms with Crippen LogP contribution in [0.1, 0.15) is 38.5 Å². The van der Waals surface area contributed by atoms with Crippen molar-refractivity contribution in [1.82, 2.24) is 4.67 Å². The van der Waals surface area contributed by atoms with E-state index >= 15 is 0 Å². The Hall–Kier alpha value is 0.130. The predicted molar refractivity (Wildman–Crippen MR) is 53.3 cm³/mol. The monoisotopic (exact) mass is 171 g/mol. The first kappa shape index (κ1) is 9.22. The lowest BCUT2D eigenvalue weighted by molar-refractivity contribution is 0.451. The number of nitrogens with zero attached hydrogens (tertiary/aromatic N) is 1. The van der Waals surface area contributed by atoms with Crippen LogP contribution < -0.4 is 0 Å². The molecule has 0 aromatic heterocycles. The second-order valence-corrected chi connectivity index (χ2v) is 4.06. The van der Waals surface area contributed by atoms with E-state index in [0.717, 1.165) is 0 Å². The van der Waals surface area contributed by atoms with Crippen LogP contribution in [0.4, 0.5) is 0 Å². The third-order valence-corrected chi connectivity index (χ3v) is 3.08. The minimum Gasteiger partial charge on any atom is -0.258 e. The number of hydrogen-bond donors (Lipinski definition) is 0. The summed E-state index contributed by atoms with van der Waals surface area (Å²) >= 11 is 0. The van der Waals surface area contributed by atoms with E-state index < -0.39 is 0 Å². The molecule has 0 aliphatic carbocycles. The van der Waals surface area contributed by atoms with E-state index in [-0.39, 0.29) is 0 Å². The van der Waals surface area contributed by atoms with E-state index in [9.17, 15) is 0 Å². The third kappa shape index (κ3) is 3.88. The van der Waals surface area contributed by atoms with Gasteiger partial charge < -0.3 is 0 Å². The highest BCUT2D eigenvalue weighted by Gasteiger charge is 2.02. The fourth-order valence-electron chi connectivity index (χ4n) is 1.55. The third-order valence-electron chi connectivity index (χ3n) is 2.28. The van der Waals surface area contributed by atoms with Gasteiger partial charge in [0.25, 0.3) is 0 Å². The lowest BCUT2D eigenvalue weighted by Crippen LogP contribution is -2.14. The van der Waals surface area contributed by atoms with Gasteiger partial charge in [-0.25, -0.2) is 0 Å². The van der Waals surface area contributed by atoms with E-state index in [2.05, 4.69) is 11.0 Å². The largest absolute Gasteiger partial charge is 0.258 e. The summed E-state index contributed by atoms with van der Waals surface area (Å²) in [5.41, 5.74) is 0. The van der Waals surface area contributed by atoms with Crippen molar-refractivity contribution in [3.63, 3.8) is 0 Å². The number of rotatable bonds is 1. The zero-order valence-electron chi connectivity index (χ0n) is 7.26. The van der Waals surface area contributed by atoms with E-state index in [4.69, 9.17) is 0 Å². The molecule has 0 spiro atoms. The molecule has 64 valence electrons. The summed E-state index contributed by atoms with van der Waals surface area (Å²) < 4.78 is 2.45. The molecule has 0 aromatic rings. The minimum absolute atomic E-state index is 1.22. The molecular weight excluding hydrogens is 153 g/mol. The lowest BCUT2D eigenvalue weighted by Gasteiger charge is -2.14. The maximum absolute atomic E-state index is 3.91. The molecule has 1 fully saturated rings. The van der Waals surface area contributed by atoms with Gasteiger partial charge in [0, 0.05) is 13.1 Å². The van der Waals surface area contributed by atoms with Crippen LogP contribution in [0, 0.1) is 0 Å². The predicted octanol–water partition coefficient (Wildman–Crippen LogP) is 2.94. The highest BCUT2D eigenvalue weighted by molar-refractivity contribution is 7.33. The molecule has 0 atom stereocenters. The molecule has 0 unspecified atom stereocenters. The van der Waals surface area contributed by atoms with Crippen LogP contribution in [-0.2, 0) is 0 Å². The van der Waals surface area contributed by atoms with Crippen LogP contribution in [0.25, 0.3) is 0 Å². The zero-order valence-corrected chi connectivity index (χ0v) is 8.15. The topological polar surface area (TPSA) is 3.24 Å². The molecule has 0 amide bonds. The molecule has 0 N–H and O–H groups in total. The van der Waals surface area contributed by atoms with Crippen LogP contribution in [0.15, 0.2) is 0 Å². The van der Waals surface area contributed by atoms with Crippen molar-refractivity contribution in [1.29, 1.82) is 0 Å². The van der Waals surface area contributed by atoms with Gasteiger partial charge in [0.15, 0.2) is 0 Å². The summed E-state index contributed by atoms with van der Waals surface area (Å²) in [5, 5.41) is 0. The van der Waals surface area contributed by atoms with Crippen LogP contribution in [-0.4, -0.2) is 24.1 Å². The molecule has 1 nitrogen and oxygen atoms in total. The average molecular weight is 171 g/mol. The van der Waals surface area contributed by atoms with Gasteiger partial charge >= 0.3 is 0 Å². The lowest BCUT2D eigenvalue weighted by atomic mass is 10.1. The number of hydrogen-bond acceptors (Lipinski definition) is 1. The molecule has 0 saturated carbocycles. The Kier molecular flexibility index (Phi) is 4.81. The summed E-state index contributed by atoms with van der Waals surface area (Å²) in [6, 6.07) is 0. The highest BCUT2D eigenvalue weighted by Crippen LogP contribution is 2.14. The molecular formula is C9H18NP. The first-order valence-corrected chi connectivity index (χ1v) is 5.68. The van der Waals surface area contributed by atoms with Gasteiger partial charge in [-0.3, -0.25) is 4.67 Å². The van der Waals surface area contributed by atoms with Crippen molar-refractivity contribution in [2.45, 2.75) is 38.5 Å². The fourth-order valence-corrected chi connectivity index (χ4v) is 2.11. The van der Waals surface area contributed by atoms with Crippen LogP contribution in [0.5, 0.6) is 0 Å². The Morgan fingerprint density at radius 1 is 0.818 bits per heavy atom. The summed E-state index contributed by atoms with van der Waals surface area (Å²) in [4.78, 5) is 0. The van der Waals surface area contributed by atoms with Crippen molar-refractivity contribution >= 4 is 14.7 Å². The van der Waals surface area contributed by atoms with Crippen LogP contribution >= 0.6 is 8.35 Å². The van der Waals surface area contributed by atoms with Gasteiger partial charge in [-0.2, -0.15) is 0 Å². The van der Waals surface area contributed by atoms with E-state index in [1.807, 2.05) is 0 Å². The molecule has 1 rings (SSSR count). The maximum Gasteiger partial charge on any atom is 0.00663 e. The Morgan fingerprint density at radius 2 is 1.27 bits per heavy atom. The second kappa shape index (κ2) is 5.74. The van der Waals surface area contributed by atoms with Crippen molar-refractivity contribution in [2.75, 3.05) is 13.1 Å². The SMILES string of the molecule is C=PN1CCCCCCCC1. The van der Waals surface area contributed by atoms with Crippen molar-refractivity contribution in [2.24, 2.45) is 0 Å². The van der Waals surface area contributed by atoms with Gasteiger partial charge in [-0.05, 0) is 21.2 Å². The molecule has 0 aromatic carbocycles. The van der Waals surface area contributed by atoms with Crippen LogP contribution in [0.3, 0.4) is 0 Å². The molecule has 1 heterocycles. The van der Waals surface area contributed by atoms with Gasteiger partial charge in [-0.15, -0.1) is 0 Å². The normalized spacial score (nSPS) is 24.0. The molecule has 1 saturated heterocycles. The van der Waals surface area contributed by atoms with Crippen LogP contribution in [0.2, 0.25) is 0 Å². The summed E-state index contributed by atoms with van der Waals surface area (Å²) in [6.07, 6.45) is 12.4. The first-order valence-electron chi connectivity index (χ1n) is 4.65. The van der Waals surface area contributed by atoms with Gasteiger partial charge in [-0.1, -0.05) is 32.0 Å². The molecule has 0 radical (unpaired) electrons. The van der Waals surface area contributed by atoms with E-state index in [0.29, 0.717) is 0 Å².